The Bertz CT molecular complexity index is 1320. The van der Waals surface area contributed by atoms with Crippen molar-refractivity contribution < 1.29 is 19.2 Å². The number of amides is 1. The van der Waals surface area contributed by atoms with E-state index in [1.54, 1.807) is 42.3 Å². The first-order valence-electron chi connectivity index (χ1n) is 10.8. The molecule has 1 aromatic heterocycles. The van der Waals surface area contributed by atoms with Crippen LogP contribution in [-0.4, -0.2) is 37.7 Å². The molecule has 0 unspecified atom stereocenters. The van der Waals surface area contributed by atoms with Gasteiger partial charge in [0, 0.05) is 29.9 Å². The molecule has 1 aliphatic rings. The van der Waals surface area contributed by atoms with Crippen LogP contribution in [0, 0.1) is 10.1 Å². The van der Waals surface area contributed by atoms with Crippen molar-refractivity contribution in [1.82, 2.24) is 20.0 Å². The van der Waals surface area contributed by atoms with Crippen molar-refractivity contribution in [2.45, 2.75) is 26.6 Å². The lowest BCUT2D eigenvalue weighted by molar-refractivity contribution is -0.384. The number of nitrogens with zero attached hydrogens (tertiary/aromatic N) is 4. The second kappa shape index (κ2) is 10.3. The number of nitro groups is 1. The first-order valence-corrected chi connectivity index (χ1v) is 11.2. The molecule has 0 saturated carbocycles. The summed E-state index contributed by atoms with van der Waals surface area (Å²) in [7, 11) is 1.55. The molecule has 10 nitrogen and oxygen atoms in total. The van der Waals surface area contributed by atoms with Crippen LogP contribution in [-0.2, 0) is 24.5 Å². The van der Waals surface area contributed by atoms with Gasteiger partial charge in [0.2, 0.25) is 0 Å². The van der Waals surface area contributed by atoms with Gasteiger partial charge in [0.25, 0.3) is 11.6 Å². The summed E-state index contributed by atoms with van der Waals surface area (Å²) in [6.07, 6.45) is 5.31. The summed E-state index contributed by atoms with van der Waals surface area (Å²) < 4.78 is 13.0. The maximum absolute atomic E-state index is 13.0. The Morgan fingerprint density at radius 1 is 1.26 bits per heavy atom. The number of carbonyl (C=O) groups excluding carboxylic acids is 1. The number of thiocarbonyl (C=S) groups is 1. The van der Waals surface area contributed by atoms with E-state index in [0.29, 0.717) is 34.4 Å². The predicted molar refractivity (Wildman–Crippen MR) is 133 cm³/mol. The van der Waals surface area contributed by atoms with Crippen LogP contribution in [0.2, 0.25) is 0 Å². The van der Waals surface area contributed by atoms with Gasteiger partial charge < -0.3 is 14.8 Å². The number of nitrogens with one attached hydrogen (secondary N) is 1. The zero-order valence-corrected chi connectivity index (χ0v) is 19.9. The summed E-state index contributed by atoms with van der Waals surface area (Å²) in [6.45, 7) is 3.18. The molecule has 11 heteroatoms. The summed E-state index contributed by atoms with van der Waals surface area (Å²) in [5.74, 6) is 0.725. The third-order valence-electron chi connectivity index (χ3n) is 5.35. The van der Waals surface area contributed by atoms with E-state index in [-0.39, 0.29) is 18.2 Å². The van der Waals surface area contributed by atoms with Crippen LogP contribution < -0.4 is 14.8 Å². The lowest BCUT2D eigenvalue weighted by Crippen LogP contribution is -2.29. The molecule has 2 heterocycles. The second-order valence-corrected chi connectivity index (χ2v) is 8.08. The molecule has 1 N–H and O–H groups in total. The van der Waals surface area contributed by atoms with Gasteiger partial charge in [0.15, 0.2) is 5.11 Å². The van der Waals surface area contributed by atoms with Crippen LogP contribution in [0.15, 0.2) is 60.6 Å². The Hall–Kier alpha value is -4.25. The van der Waals surface area contributed by atoms with Gasteiger partial charge in [0.05, 0.1) is 30.8 Å². The molecule has 2 aromatic carbocycles. The van der Waals surface area contributed by atoms with Gasteiger partial charge in [-0.1, -0.05) is 12.1 Å². The summed E-state index contributed by atoms with van der Waals surface area (Å²) in [6, 6.07) is 11.4. The van der Waals surface area contributed by atoms with Crippen LogP contribution in [0.3, 0.4) is 0 Å². The Balaban J connectivity index is 1.51. The van der Waals surface area contributed by atoms with Crippen molar-refractivity contribution in [3.63, 3.8) is 0 Å². The van der Waals surface area contributed by atoms with E-state index >= 15 is 0 Å². The largest absolute Gasteiger partial charge is 0.496 e. The Kier molecular flexibility index (Phi) is 7.06. The normalized spacial score (nSPS) is 14.3. The van der Waals surface area contributed by atoms with E-state index < -0.39 is 4.92 Å². The number of benzene rings is 2. The number of ether oxygens (including phenoxy) is 2. The van der Waals surface area contributed by atoms with E-state index in [1.807, 2.05) is 25.3 Å². The van der Waals surface area contributed by atoms with E-state index in [4.69, 9.17) is 21.7 Å². The molecule has 1 aliphatic heterocycles. The minimum atomic E-state index is -0.477. The van der Waals surface area contributed by atoms with Gasteiger partial charge in [0.1, 0.15) is 23.8 Å². The molecule has 3 aromatic rings. The zero-order valence-electron chi connectivity index (χ0n) is 19.1. The standard InChI is InChI=1S/C24H23N5O5S/c1-3-27-13-17(12-25-27)14-28-23(30)21(26-24(28)35)10-16-7-8-22(33-2)18(9-16)15-34-20-6-4-5-19(11-20)29(31)32/h4-13H,3,14-15H2,1-2H3,(H,26,35)/b21-10+. The predicted octanol–water partition coefficient (Wildman–Crippen LogP) is 3.66. The van der Waals surface area contributed by atoms with Crippen LogP contribution >= 0.6 is 12.2 Å². The minimum absolute atomic E-state index is 0.0543. The molecule has 0 atom stereocenters. The number of methoxy groups -OCH3 is 1. The van der Waals surface area contributed by atoms with Gasteiger partial charge in [-0.25, -0.2) is 0 Å². The van der Waals surface area contributed by atoms with Crippen molar-refractivity contribution in [2.24, 2.45) is 0 Å². The lowest BCUT2D eigenvalue weighted by Gasteiger charge is -2.12. The first-order chi connectivity index (χ1) is 16.9. The average Bonchev–Trinajstić information content (AvgIpc) is 3.42. The van der Waals surface area contributed by atoms with Crippen molar-refractivity contribution >= 4 is 35.0 Å². The quantitative estimate of drug-likeness (QED) is 0.208. The molecule has 1 fully saturated rings. The number of nitro benzene ring substituents is 1. The van der Waals surface area contributed by atoms with Gasteiger partial charge in [-0.2, -0.15) is 5.10 Å². The maximum atomic E-state index is 13.0. The Labute approximate surface area is 206 Å². The molecular weight excluding hydrogens is 470 g/mol. The molecule has 4 rings (SSSR count). The molecule has 1 amide bonds. The summed E-state index contributed by atoms with van der Waals surface area (Å²) >= 11 is 5.37. The van der Waals surface area contributed by atoms with Crippen molar-refractivity contribution in [3.8, 4) is 11.5 Å². The third-order valence-corrected chi connectivity index (χ3v) is 5.67. The first kappa shape index (κ1) is 23.9. The van der Waals surface area contributed by atoms with Gasteiger partial charge in [-0.15, -0.1) is 0 Å². The highest BCUT2D eigenvalue weighted by atomic mass is 32.1. The minimum Gasteiger partial charge on any atom is -0.496 e. The van der Waals surface area contributed by atoms with Crippen molar-refractivity contribution in [1.29, 1.82) is 0 Å². The Morgan fingerprint density at radius 2 is 2.09 bits per heavy atom. The third kappa shape index (κ3) is 5.46. The van der Waals surface area contributed by atoms with Crippen LogP contribution in [0.5, 0.6) is 11.5 Å². The maximum Gasteiger partial charge on any atom is 0.276 e. The Morgan fingerprint density at radius 3 is 2.80 bits per heavy atom. The van der Waals surface area contributed by atoms with Crippen molar-refractivity contribution in [2.75, 3.05) is 7.11 Å². The highest BCUT2D eigenvalue weighted by Gasteiger charge is 2.31. The molecule has 0 radical (unpaired) electrons. The molecule has 0 bridgehead atoms. The van der Waals surface area contributed by atoms with Gasteiger partial charge in [-0.3, -0.25) is 24.5 Å². The number of rotatable bonds is 9. The van der Waals surface area contributed by atoms with Gasteiger partial charge >= 0.3 is 0 Å². The van der Waals surface area contributed by atoms with E-state index in [1.165, 1.54) is 17.0 Å². The molecular formula is C24H23N5O5S. The molecule has 0 spiro atoms. The van der Waals surface area contributed by atoms with Gasteiger partial charge in [-0.05, 0) is 49.0 Å². The fourth-order valence-corrected chi connectivity index (χ4v) is 3.83. The van der Waals surface area contributed by atoms with Crippen LogP contribution in [0.25, 0.3) is 6.08 Å². The van der Waals surface area contributed by atoms with E-state index in [0.717, 1.165) is 17.7 Å². The summed E-state index contributed by atoms with van der Waals surface area (Å²) in [5, 5.41) is 18.5. The molecule has 0 aliphatic carbocycles. The SMILES string of the molecule is CCn1cc(CN2C(=O)/C(=C\c3ccc(OC)c(COc4cccc([N+](=O)[O-])c4)c3)NC2=S)cn1. The topological polar surface area (TPSA) is 112 Å². The number of carbonyl (C=O) groups is 1. The second-order valence-electron chi connectivity index (χ2n) is 7.70. The molecule has 1 saturated heterocycles. The zero-order chi connectivity index (χ0) is 24.9. The van der Waals surface area contributed by atoms with E-state index in [9.17, 15) is 14.9 Å². The summed E-state index contributed by atoms with van der Waals surface area (Å²) in [5.41, 5.74) is 2.64. The van der Waals surface area contributed by atoms with Crippen molar-refractivity contribution in [3.05, 3.63) is 87.4 Å². The fourth-order valence-electron chi connectivity index (χ4n) is 3.57. The average molecular weight is 494 g/mol. The highest BCUT2D eigenvalue weighted by Crippen LogP contribution is 2.26. The van der Waals surface area contributed by atoms with Crippen LogP contribution in [0.1, 0.15) is 23.6 Å². The smallest absolute Gasteiger partial charge is 0.276 e. The number of aromatic nitrogens is 2. The number of hydrogen-bond donors (Lipinski definition) is 1. The molecule has 35 heavy (non-hydrogen) atoms. The number of aryl methyl sites for hydroxylation is 1. The summed E-state index contributed by atoms with van der Waals surface area (Å²) in [4.78, 5) is 25.0. The lowest BCUT2D eigenvalue weighted by atomic mass is 10.1. The van der Waals surface area contributed by atoms with E-state index in [2.05, 4.69) is 10.4 Å². The van der Waals surface area contributed by atoms with Crippen LogP contribution in [0.4, 0.5) is 5.69 Å². The monoisotopic (exact) mass is 493 g/mol. The number of non-ortho nitro benzene ring substituents is 1. The highest BCUT2D eigenvalue weighted by molar-refractivity contribution is 7.80. The fraction of sp³-hybridized carbons (Fsp3) is 0.208. The molecule has 180 valence electrons. The number of hydrogen-bond acceptors (Lipinski definition) is 7.